The molecule has 1 N–H and O–H groups in total. The number of aliphatic hydroxyl groups is 1. The summed E-state index contributed by atoms with van der Waals surface area (Å²) in [4.78, 5) is 14.4. The van der Waals surface area contributed by atoms with Crippen molar-refractivity contribution in [1.82, 2.24) is 4.90 Å². The molecule has 4 heteroatoms. The predicted octanol–water partition coefficient (Wildman–Crippen LogP) is 3.21. The monoisotopic (exact) mass is 327 g/mol. The summed E-state index contributed by atoms with van der Waals surface area (Å²) < 4.78 is 0.891. The summed E-state index contributed by atoms with van der Waals surface area (Å²) in [5.74, 6) is 0.283. The van der Waals surface area contributed by atoms with Gasteiger partial charge in [0, 0.05) is 13.0 Å². The smallest absolute Gasteiger partial charge is 0.222 e. The zero-order valence-corrected chi connectivity index (χ0v) is 15.7. The number of allylic oxidation sites excluding steroid dienone is 1. The van der Waals surface area contributed by atoms with Crippen LogP contribution < -0.4 is 0 Å². The lowest BCUT2D eigenvalue weighted by atomic mass is 10.1. The Morgan fingerprint density at radius 2 is 1.74 bits per heavy atom. The minimum absolute atomic E-state index is 0.215. The highest BCUT2D eigenvalue weighted by Gasteiger charge is 2.24. The summed E-state index contributed by atoms with van der Waals surface area (Å²) in [5, 5.41) is 9.30. The number of hydrogen-bond acceptors (Lipinski definition) is 2. The molecule has 1 amide bonds. The first kappa shape index (κ1) is 22.1. The molecule has 0 aromatic heterocycles. The summed E-state index contributed by atoms with van der Waals surface area (Å²) in [6.45, 7) is 15.6. The first-order chi connectivity index (χ1) is 11.1. The van der Waals surface area contributed by atoms with Crippen molar-refractivity contribution < 1.29 is 14.4 Å². The SMILES string of the molecule is C=CCCCCCCC(=O)N(CC)CC[N+](CC)(CC)CCO. The normalized spacial score (nSPS) is 11.5. The molecule has 0 bridgehead atoms. The molecule has 0 aliphatic heterocycles. The Morgan fingerprint density at radius 1 is 1.09 bits per heavy atom. The molecule has 0 unspecified atom stereocenters. The van der Waals surface area contributed by atoms with Gasteiger partial charge in [0.25, 0.3) is 0 Å². The van der Waals surface area contributed by atoms with Gasteiger partial charge in [-0.1, -0.05) is 18.9 Å². The number of amides is 1. The molecule has 0 aromatic carbocycles. The van der Waals surface area contributed by atoms with Crippen molar-refractivity contribution in [3.05, 3.63) is 12.7 Å². The lowest BCUT2D eigenvalue weighted by molar-refractivity contribution is -0.924. The molecule has 0 aliphatic carbocycles. The largest absolute Gasteiger partial charge is 0.391 e. The molecular weight excluding hydrogens is 288 g/mol. The molecule has 0 saturated carbocycles. The van der Waals surface area contributed by atoms with Crippen molar-refractivity contribution in [1.29, 1.82) is 0 Å². The first-order valence-corrected chi connectivity index (χ1v) is 9.43. The van der Waals surface area contributed by atoms with Crippen LogP contribution in [0.15, 0.2) is 12.7 Å². The third-order valence-corrected chi connectivity index (χ3v) is 5.04. The molecule has 136 valence electrons. The van der Waals surface area contributed by atoms with Crippen molar-refractivity contribution in [3.63, 3.8) is 0 Å². The van der Waals surface area contributed by atoms with Gasteiger partial charge in [0.05, 0.1) is 32.8 Å². The number of carbonyl (C=O) groups is 1. The van der Waals surface area contributed by atoms with Crippen molar-refractivity contribution in [3.8, 4) is 0 Å². The van der Waals surface area contributed by atoms with Gasteiger partial charge in [0.2, 0.25) is 5.91 Å². The number of unbranched alkanes of at least 4 members (excludes halogenated alkanes) is 4. The van der Waals surface area contributed by atoms with Gasteiger partial charge in [-0.25, -0.2) is 0 Å². The fraction of sp³-hybridized carbons (Fsp3) is 0.842. The maximum absolute atomic E-state index is 12.4. The molecule has 0 fully saturated rings. The van der Waals surface area contributed by atoms with Crippen LogP contribution >= 0.6 is 0 Å². The number of carbonyl (C=O) groups excluding carboxylic acids is 1. The van der Waals surface area contributed by atoms with Crippen LogP contribution in [-0.2, 0) is 4.79 Å². The third kappa shape index (κ3) is 9.11. The minimum Gasteiger partial charge on any atom is -0.391 e. The zero-order chi connectivity index (χ0) is 17.6. The average molecular weight is 328 g/mol. The van der Waals surface area contributed by atoms with Gasteiger partial charge in [-0.15, -0.1) is 6.58 Å². The summed E-state index contributed by atoms with van der Waals surface area (Å²) >= 11 is 0. The molecule has 0 rings (SSSR count). The van der Waals surface area contributed by atoms with E-state index >= 15 is 0 Å². The van der Waals surface area contributed by atoms with Crippen LogP contribution in [-0.4, -0.2) is 66.3 Å². The maximum Gasteiger partial charge on any atom is 0.222 e. The number of quaternary nitrogens is 1. The standard InChI is InChI=1S/C19H39N2O2/c1-5-9-10-11-12-13-14-19(23)20(6-2)15-16-21(7-3,8-4)17-18-22/h5,22H,1,6-18H2,2-4H3/q+1. The number of aliphatic hydroxyl groups excluding tert-OH is 1. The third-order valence-electron chi connectivity index (χ3n) is 5.04. The second-order valence-corrected chi connectivity index (χ2v) is 6.36. The van der Waals surface area contributed by atoms with Crippen molar-refractivity contribution >= 4 is 5.91 Å². The van der Waals surface area contributed by atoms with E-state index in [1.54, 1.807) is 0 Å². The fourth-order valence-electron chi connectivity index (χ4n) is 3.05. The average Bonchev–Trinajstić information content (AvgIpc) is 2.57. The molecule has 23 heavy (non-hydrogen) atoms. The Balaban J connectivity index is 4.20. The zero-order valence-electron chi connectivity index (χ0n) is 15.7. The van der Waals surface area contributed by atoms with Crippen LogP contribution in [0.1, 0.15) is 59.3 Å². The Hall–Kier alpha value is -0.870. The first-order valence-electron chi connectivity index (χ1n) is 9.43. The Bertz CT molecular complexity index is 314. The Labute approximate surface area is 143 Å². The summed E-state index contributed by atoms with van der Waals surface area (Å²) in [7, 11) is 0. The topological polar surface area (TPSA) is 40.5 Å². The summed E-state index contributed by atoms with van der Waals surface area (Å²) in [5.41, 5.74) is 0. The van der Waals surface area contributed by atoms with Gasteiger partial charge < -0.3 is 14.5 Å². The molecule has 0 radical (unpaired) electrons. The van der Waals surface area contributed by atoms with Crippen molar-refractivity contribution in [2.24, 2.45) is 0 Å². The molecule has 0 spiro atoms. The lowest BCUT2D eigenvalue weighted by Gasteiger charge is -2.38. The van der Waals surface area contributed by atoms with E-state index in [1.807, 2.05) is 11.0 Å². The van der Waals surface area contributed by atoms with Crippen LogP contribution in [0.4, 0.5) is 0 Å². The molecule has 0 aliphatic rings. The second-order valence-electron chi connectivity index (χ2n) is 6.36. The van der Waals surface area contributed by atoms with E-state index in [9.17, 15) is 9.90 Å². The van der Waals surface area contributed by atoms with E-state index in [4.69, 9.17) is 0 Å². The number of likely N-dealkylation sites (N-methyl/N-ethyl adjacent to an activating group) is 2. The summed E-state index contributed by atoms with van der Waals surface area (Å²) in [6.07, 6.45) is 8.20. The number of nitrogens with zero attached hydrogens (tertiary/aromatic N) is 2. The van der Waals surface area contributed by atoms with E-state index in [0.29, 0.717) is 6.42 Å². The highest BCUT2D eigenvalue weighted by Crippen LogP contribution is 2.10. The highest BCUT2D eigenvalue weighted by molar-refractivity contribution is 5.76. The number of hydrogen-bond donors (Lipinski definition) is 1. The van der Waals surface area contributed by atoms with Gasteiger partial charge in [-0.05, 0) is 40.0 Å². The van der Waals surface area contributed by atoms with Gasteiger partial charge >= 0.3 is 0 Å². The van der Waals surface area contributed by atoms with E-state index in [0.717, 1.165) is 63.0 Å². The van der Waals surface area contributed by atoms with E-state index in [2.05, 4.69) is 27.4 Å². The molecule has 0 atom stereocenters. The van der Waals surface area contributed by atoms with Gasteiger partial charge in [-0.2, -0.15) is 0 Å². The van der Waals surface area contributed by atoms with Gasteiger partial charge in [-0.3, -0.25) is 4.79 Å². The molecular formula is C19H39N2O2+. The van der Waals surface area contributed by atoms with E-state index in [1.165, 1.54) is 12.8 Å². The van der Waals surface area contributed by atoms with Crippen molar-refractivity contribution in [2.75, 3.05) is 45.9 Å². The van der Waals surface area contributed by atoms with Gasteiger partial charge in [0.1, 0.15) is 6.54 Å². The highest BCUT2D eigenvalue weighted by atomic mass is 16.3. The van der Waals surface area contributed by atoms with Crippen LogP contribution in [0.3, 0.4) is 0 Å². The fourth-order valence-corrected chi connectivity index (χ4v) is 3.05. The predicted molar refractivity (Wildman–Crippen MR) is 98.3 cm³/mol. The maximum atomic E-state index is 12.4. The van der Waals surface area contributed by atoms with E-state index in [-0.39, 0.29) is 12.5 Å². The van der Waals surface area contributed by atoms with Crippen molar-refractivity contribution in [2.45, 2.75) is 59.3 Å². The van der Waals surface area contributed by atoms with Crippen LogP contribution in [0, 0.1) is 0 Å². The summed E-state index contributed by atoms with van der Waals surface area (Å²) in [6, 6.07) is 0. The molecule has 0 heterocycles. The van der Waals surface area contributed by atoms with E-state index < -0.39 is 0 Å². The number of rotatable bonds is 15. The Morgan fingerprint density at radius 3 is 2.26 bits per heavy atom. The quantitative estimate of drug-likeness (QED) is 0.285. The minimum atomic E-state index is 0.215. The van der Waals surface area contributed by atoms with Crippen LogP contribution in [0.2, 0.25) is 0 Å². The lowest BCUT2D eigenvalue weighted by Crippen LogP contribution is -2.53. The van der Waals surface area contributed by atoms with Gasteiger partial charge in [0.15, 0.2) is 0 Å². The van der Waals surface area contributed by atoms with Crippen LogP contribution in [0.25, 0.3) is 0 Å². The molecule has 4 nitrogen and oxygen atoms in total. The molecule has 0 aromatic rings. The second kappa shape index (κ2) is 13.6. The van der Waals surface area contributed by atoms with Crippen LogP contribution in [0.5, 0.6) is 0 Å². The Kier molecular flexibility index (Phi) is 13.0. The molecule has 0 saturated heterocycles.